The van der Waals surface area contributed by atoms with Crippen LogP contribution in [-0.2, 0) is 4.79 Å². The number of carbonyl (C=O) groups is 1. The van der Waals surface area contributed by atoms with Crippen molar-refractivity contribution in [2.75, 3.05) is 23.7 Å². The Morgan fingerprint density at radius 3 is 2.06 bits per heavy atom. The van der Waals surface area contributed by atoms with Gasteiger partial charge in [-0.3, -0.25) is 4.79 Å². The van der Waals surface area contributed by atoms with Crippen LogP contribution >= 0.6 is 0 Å². The van der Waals surface area contributed by atoms with Gasteiger partial charge in [0.15, 0.2) is 0 Å². The van der Waals surface area contributed by atoms with Crippen LogP contribution in [0.25, 0.3) is 0 Å². The normalized spacial score (nSPS) is 10.6. The largest absolute Gasteiger partial charge is 0.368 e. The molecule has 33 heavy (non-hydrogen) atoms. The number of pyridine rings is 1. The molecule has 0 spiro atoms. The van der Waals surface area contributed by atoms with Crippen molar-refractivity contribution in [3.8, 4) is 0 Å². The second-order valence-electron chi connectivity index (χ2n) is 7.50. The van der Waals surface area contributed by atoms with E-state index < -0.39 is 0 Å². The summed E-state index contributed by atoms with van der Waals surface area (Å²) in [6.07, 6.45) is 1.72. The average Bonchev–Trinajstić information content (AvgIpc) is 2.84. The molecule has 0 unspecified atom stereocenters. The van der Waals surface area contributed by atoms with Crippen molar-refractivity contribution in [2.24, 2.45) is 0 Å². The van der Waals surface area contributed by atoms with E-state index in [4.69, 9.17) is 0 Å². The van der Waals surface area contributed by atoms with Crippen molar-refractivity contribution in [3.05, 3.63) is 108 Å². The van der Waals surface area contributed by atoms with Crippen molar-refractivity contribution >= 4 is 23.4 Å². The standard InChI is InChI=1S/C26H26N6O/c1-19-30-23(18-24(31-19)32-22-14-8-9-15-27-22)28-16-17-29-26(33)25(20-10-4-2-5-11-20)21-12-6-3-7-13-21/h2-15,18,25H,16-17H2,1H3,(H,29,33)(H2,27,28,30,31,32). The van der Waals surface area contributed by atoms with E-state index in [1.54, 1.807) is 6.20 Å². The summed E-state index contributed by atoms with van der Waals surface area (Å²) in [6, 6.07) is 27.1. The molecule has 0 bridgehead atoms. The summed E-state index contributed by atoms with van der Waals surface area (Å²) in [4.78, 5) is 26.2. The maximum absolute atomic E-state index is 13.1. The Labute approximate surface area is 193 Å². The van der Waals surface area contributed by atoms with Gasteiger partial charge >= 0.3 is 0 Å². The number of rotatable bonds is 9. The Bertz CT molecular complexity index is 1130. The van der Waals surface area contributed by atoms with Crippen molar-refractivity contribution in [1.82, 2.24) is 20.3 Å². The number of hydrogen-bond donors (Lipinski definition) is 3. The van der Waals surface area contributed by atoms with Gasteiger partial charge in [0.05, 0.1) is 5.92 Å². The summed E-state index contributed by atoms with van der Waals surface area (Å²) < 4.78 is 0. The van der Waals surface area contributed by atoms with Gasteiger partial charge in [-0.25, -0.2) is 15.0 Å². The highest BCUT2D eigenvalue weighted by Crippen LogP contribution is 2.24. The molecule has 0 saturated carbocycles. The molecule has 7 heteroatoms. The summed E-state index contributed by atoms with van der Waals surface area (Å²) in [5.74, 6) is 2.28. The maximum Gasteiger partial charge on any atom is 0.232 e. The topological polar surface area (TPSA) is 91.8 Å². The number of aromatic nitrogens is 3. The summed E-state index contributed by atoms with van der Waals surface area (Å²) in [5.41, 5.74) is 1.93. The van der Waals surface area contributed by atoms with Gasteiger partial charge in [-0.2, -0.15) is 0 Å². The summed E-state index contributed by atoms with van der Waals surface area (Å²) in [5, 5.41) is 9.48. The zero-order valence-corrected chi connectivity index (χ0v) is 18.4. The number of nitrogens with zero attached hydrogens (tertiary/aromatic N) is 3. The van der Waals surface area contributed by atoms with E-state index in [2.05, 4.69) is 30.9 Å². The Hall–Kier alpha value is -4.26. The Kier molecular flexibility index (Phi) is 7.22. The minimum Gasteiger partial charge on any atom is -0.368 e. The van der Waals surface area contributed by atoms with E-state index in [-0.39, 0.29) is 11.8 Å². The molecule has 0 aliphatic heterocycles. The molecule has 2 heterocycles. The molecule has 0 saturated heterocycles. The second kappa shape index (κ2) is 10.9. The number of hydrogen-bond acceptors (Lipinski definition) is 6. The van der Waals surface area contributed by atoms with Crippen LogP contribution in [0.3, 0.4) is 0 Å². The molecule has 7 nitrogen and oxygen atoms in total. The van der Waals surface area contributed by atoms with E-state index >= 15 is 0 Å². The molecule has 0 fully saturated rings. The van der Waals surface area contributed by atoms with Crippen LogP contribution in [0.15, 0.2) is 91.1 Å². The molecular weight excluding hydrogens is 412 g/mol. The first-order valence-corrected chi connectivity index (χ1v) is 10.8. The lowest BCUT2D eigenvalue weighted by Crippen LogP contribution is -2.33. The molecule has 0 aliphatic rings. The molecule has 0 aliphatic carbocycles. The van der Waals surface area contributed by atoms with E-state index in [0.29, 0.717) is 36.4 Å². The highest BCUT2D eigenvalue weighted by Gasteiger charge is 2.21. The average molecular weight is 439 g/mol. The fraction of sp³-hybridized carbons (Fsp3) is 0.154. The monoisotopic (exact) mass is 438 g/mol. The van der Waals surface area contributed by atoms with E-state index in [1.807, 2.05) is 91.9 Å². The van der Waals surface area contributed by atoms with Gasteiger partial charge in [0.1, 0.15) is 23.3 Å². The zero-order valence-electron chi connectivity index (χ0n) is 18.4. The quantitative estimate of drug-likeness (QED) is 0.338. The van der Waals surface area contributed by atoms with Crippen molar-refractivity contribution in [2.45, 2.75) is 12.8 Å². The molecule has 3 N–H and O–H groups in total. The van der Waals surface area contributed by atoms with Gasteiger partial charge in [0, 0.05) is 25.4 Å². The van der Waals surface area contributed by atoms with E-state index in [1.165, 1.54) is 0 Å². The third-order valence-corrected chi connectivity index (χ3v) is 5.02. The number of amides is 1. The Morgan fingerprint density at radius 2 is 1.42 bits per heavy atom. The SMILES string of the molecule is Cc1nc(NCCNC(=O)C(c2ccccc2)c2ccccc2)cc(Nc2ccccn2)n1. The highest BCUT2D eigenvalue weighted by atomic mass is 16.1. The van der Waals surface area contributed by atoms with Crippen LogP contribution < -0.4 is 16.0 Å². The first kappa shape index (κ1) is 22.0. The first-order chi connectivity index (χ1) is 16.2. The van der Waals surface area contributed by atoms with E-state index in [0.717, 1.165) is 11.1 Å². The van der Waals surface area contributed by atoms with Crippen molar-refractivity contribution in [1.29, 1.82) is 0 Å². The minimum absolute atomic E-state index is 0.0365. The van der Waals surface area contributed by atoms with Crippen LogP contribution in [0, 0.1) is 6.92 Å². The second-order valence-corrected chi connectivity index (χ2v) is 7.50. The molecule has 4 aromatic rings. The molecule has 4 rings (SSSR count). The van der Waals surface area contributed by atoms with Crippen LogP contribution in [0.4, 0.5) is 17.5 Å². The van der Waals surface area contributed by atoms with Gasteiger partial charge < -0.3 is 16.0 Å². The van der Waals surface area contributed by atoms with Crippen LogP contribution in [0.1, 0.15) is 22.9 Å². The van der Waals surface area contributed by atoms with Crippen LogP contribution in [-0.4, -0.2) is 33.9 Å². The van der Waals surface area contributed by atoms with E-state index in [9.17, 15) is 4.79 Å². The molecule has 166 valence electrons. The third kappa shape index (κ3) is 6.13. The Balaban J connectivity index is 1.36. The predicted molar refractivity (Wildman–Crippen MR) is 131 cm³/mol. The van der Waals surface area contributed by atoms with Gasteiger partial charge in [-0.15, -0.1) is 0 Å². The molecule has 0 atom stereocenters. The molecule has 1 amide bonds. The number of benzene rings is 2. The number of aryl methyl sites for hydroxylation is 1. The first-order valence-electron chi connectivity index (χ1n) is 10.8. The van der Waals surface area contributed by atoms with Crippen LogP contribution in [0.5, 0.6) is 0 Å². The van der Waals surface area contributed by atoms with Crippen LogP contribution in [0.2, 0.25) is 0 Å². The smallest absolute Gasteiger partial charge is 0.232 e. The van der Waals surface area contributed by atoms with Crippen molar-refractivity contribution < 1.29 is 4.79 Å². The summed E-state index contributed by atoms with van der Waals surface area (Å²) in [6.45, 7) is 2.82. The van der Waals surface area contributed by atoms with Gasteiger partial charge in [-0.05, 0) is 30.2 Å². The minimum atomic E-state index is -0.358. The number of anilines is 3. The lowest BCUT2D eigenvalue weighted by Gasteiger charge is -2.18. The number of carbonyl (C=O) groups excluding carboxylic acids is 1. The third-order valence-electron chi connectivity index (χ3n) is 5.02. The fourth-order valence-electron chi connectivity index (χ4n) is 3.55. The fourth-order valence-corrected chi connectivity index (χ4v) is 3.55. The number of nitrogens with one attached hydrogen (secondary N) is 3. The maximum atomic E-state index is 13.1. The molecule has 2 aromatic carbocycles. The van der Waals surface area contributed by atoms with Gasteiger partial charge in [0.25, 0.3) is 0 Å². The lowest BCUT2D eigenvalue weighted by atomic mass is 9.90. The molecule has 0 radical (unpaired) electrons. The predicted octanol–water partition coefficient (Wildman–Crippen LogP) is 4.28. The zero-order chi connectivity index (χ0) is 22.9. The molecular formula is C26H26N6O. The molecule has 2 aromatic heterocycles. The Morgan fingerprint density at radius 1 is 0.788 bits per heavy atom. The lowest BCUT2D eigenvalue weighted by molar-refractivity contribution is -0.121. The van der Waals surface area contributed by atoms with Gasteiger partial charge in [-0.1, -0.05) is 66.7 Å². The highest BCUT2D eigenvalue weighted by molar-refractivity contribution is 5.87. The van der Waals surface area contributed by atoms with Crippen molar-refractivity contribution in [3.63, 3.8) is 0 Å². The summed E-state index contributed by atoms with van der Waals surface area (Å²) in [7, 11) is 0. The van der Waals surface area contributed by atoms with Gasteiger partial charge in [0.2, 0.25) is 5.91 Å². The summed E-state index contributed by atoms with van der Waals surface area (Å²) >= 11 is 0.